The number of carbonyl (C=O) groups excluding carboxylic acids is 2. The molecule has 0 aliphatic rings. The minimum atomic E-state index is -0.718. The van der Waals surface area contributed by atoms with Gasteiger partial charge < -0.3 is 9.47 Å². The molecule has 0 atom stereocenters. The number of Topliss-reactive ketones (excluding diaryl/α,β-unsaturated/α-hetero) is 1. The molecule has 0 spiro atoms. The average molecular weight is 267 g/mol. The maximum Gasteiger partial charge on any atom is 0.321 e. The molecule has 102 valence electrons. The van der Waals surface area contributed by atoms with Gasteiger partial charge in [0.25, 0.3) is 0 Å². The number of para-hydroxylation sites is 1. The van der Waals surface area contributed by atoms with E-state index in [9.17, 15) is 19.7 Å². The van der Waals surface area contributed by atoms with Crippen molar-refractivity contribution in [3.8, 4) is 5.75 Å². The monoisotopic (exact) mass is 267 g/mol. The normalized spacial score (nSPS) is 9.79. The molecule has 1 aromatic carbocycles. The first-order valence-corrected chi connectivity index (χ1v) is 5.51. The summed E-state index contributed by atoms with van der Waals surface area (Å²) in [5.74, 6) is -1.42. The zero-order valence-corrected chi connectivity index (χ0v) is 10.5. The van der Waals surface area contributed by atoms with Crippen LogP contribution in [0.5, 0.6) is 5.75 Å². The lowest BCUT2D eigenvalue weighted by Crippen LogP contribution is -2.13. The number of ether oxygens (including phenoxy) is 2. The van der Waals surface area contributed by atoms with Crippen molar-refractivity contribution in [1.29, 1.82) is 0 Å². The predicted octanol–water partition coefficient (Wildman–Crippen LogP) is 1.74. The van der Waals surface area contributed by atoms with Crippen molar-refractivity contribution in [3.05, 3.63) is 33.9 Å². The third-order valence-corrected chi connectivity index (χ3v) is 2.31. The lowest BCUT2D eigenvalue weighted by atomic mass is 10.1. The molecule has 0 amide bonds. The van der Waals surface area contributed by atoms with Crippen molar-refractivity contribution in [1.82, 2.24) is 0 Å². The smallest absolute Gasteiger partial charge is 0.321 e. The SMILES string of the molecule is CCOC(=O)CC(=O)c1cccc(OC)c1[N+](=O)[O-]. The van der Waals surface area contributed by atoms with Crippen LogP contribution in [-0.4, -0.2) is 30.4 Å². The van der Waals surface area contributed by atoms with Crippen LogP contribution < -0.4 is 4.74 Å². The summed E-state index contributed by atoms with van der Waals surface area (Å²) in [5.41, 5.74) is -0.614. The highest BCUT2D eigenvalue weighted by Crippen LogP contribution is 2.31. The van der Waals surface area contributed by atoms with E-state index in [0.717, 1.165) is 0 Å². The number of nitro benzene ring substituents is 1. The highest BCUT2D eigenvalue weighted by Gasteiger charge is 2.26. The third-order valence-electron chi connectivity index (χ3n) is 2.31. The van der Waals surface area contributed by atoms with Gasteiger partial charge in [-0.05, 0) is 19.1 Å². The van der Waals surface area contributed by atoms with E-state index in [1.54, 1.807) is 6.92 Å². The molecular weight excluding hydrogens is 254 g/mol. The van der Waals surface area contributed by atoms with Crippen LogP contribution in [0.2, 0.25) is 0 Å². The largest absolute Gasteiger partial charge is 0.490 e. The topological polar surface area (TPSA) is 95.7 Å². The van der Waals surface area contributed by atoms with Gasteiger partial charge in [-0.3, -0.25) is 19.7 Å². The molecule has 0 N–H and O–H groups in total. The van der Waals surface area contributed by atoms with Gasteiger partial charge in [-0.15, -0.1) is 0 Å². The van der Waals surface area contributed by atoms with Crippen LogP contribution in [0, 0.1) is 10.1 Å². The molecule has 0 radical (unpaired) electrons. The minimum absolute atomic E-state index is 0.0280. The quantitative estimate of drug-likeness (QED) is 0.256. The number of ketones is 1. The van der Waals surface area contributed by atoms with Gasteiger partial charge in [0.2, 0.25) is 0 Å². The Bertz CT molecular complexity index is 511. The Kier molecular flexibility index (Phi) is 4.99. The van der Waals surface area contributed by atoms with Gasteiger partial charge in [0, 0.05) is 0 Å². The summed E-state index contributed by atoms with van der Waals surface area (Å²) in [7, 11) is 1.27. The Balaban J connectivity index is 3.09. The summed E-state index contributed by atoms with van der Waals surface area (Å²) in [4.78, 5) is 33.3. The molecular formula is C12H13NO6. The van der Waals surface area contributed by atoms with E-state index in [4.69, 9.17) is 4.74 Å². The van der Waals surface area contributed by atoms with E-state index >= 15 is 0 Å². The first-order chi connectivity index (χ1) is 9.01. The van der Waals surface area contributed by atoms with E-state index in [-0.39, 0.29) is 17.9 Å². The summed E-state index contributed by atoms with van der Waals surface area (Å²) in [6.45, 7) is 1.75. The molecule has 0 saturated carbocycles. The van der Waals surface area contributed by atoms with E-state index in [1.165, 1.54) is 25.3 Å². The van der Waals surface area contributed by atoms with Gasteiger partial charge in [-0.2, -0.15) is 0 Å². The number of esters is 1. The number of nitro groups is 1. The van der Waals surface area contributed by atoms with Crippen LogP contribution in [0.4, 0.5) is 5.69 Å². The standard InChI is InChI=1S/C12H13NO6/c1-3-19-11(15)7-9(14)8-5-4-6-10(18-2)12(8)13(16)17/h4-6H,3,7H2,1-2H3. The summed E-state index contributed by atoms with van der Waals surface area (Å²) in [6, 6.07) is 4.10. The van der Waals surface area contributed by atoms with Crippen LogP contribution in [0.25, 0.3) is 0 Å². The molecule has 0 bridgehead atoms. The van der Waals surface area contributed by atoms with Gasteiger partial charge in [0.15, 0.2) is 11.5 Å². The fourth-order valence-electron chi connectivity index (χ4n) is 1.54. The number of nitrogens with zero attached hydrogens (tertiary/aromatic N) is 1. The Morgan fingerprint density at radius 1 is 1.37 bits per heavy atom. The van der Waals surface area contributed by atoms with Crippen molar-refractivity contribution < 1.29 is 24.0 Å². The van der Waals surface area contributed by atoms with Crippen molar-refractivity contribution in [2.45, 2.75) is 13.3 Å². The summed E-state index contributed by atoms with van der Waals surface area (Å²) < 4.78 is 9.47. The summed E-state index contributed by atoms with van der Waals surface area (Å²) >= 11 is 0. The molecule has 0 fully saturated rings. The zero-order chi connectivity index (χ0) is 14.4. The summed E-state index contributed by atoms with van der Waals surface area (Å²) in [5, 5.41) is 11.0. The van der Waals surface area contributed by atoms with Crippen LogP contribution in [0.15, 0.2) is 18.2 Å². The van der Waals surface area contributed by atoms with E-state index in [0.29, 0.717) is 0 Å². The van der Waals surface area contributed by atoms with Crippen molar-refractivity contribution >= 4 is 17.4 Å². The van der Waals surface area contributed by atoms with Gasteiger partial charge in [-0.1, -0.05) is 6.07 Å². The third kappa shape index (κ3) is 3.51. The second kappa shape index (κ2) is 6.48. The van der Waals surface area contributed by atoms with Crippen molar-refractivity contribution in [3.63, 3.8) is 0 Å². The van der Waals surface area contributed by atoms with Crippen LogP contribution in [0.3, 0.4) is 0 Å². The van der Waals surface area contributed by atoms with E-state index in [2.05, 4.69) is 4.74 Å². The molecule has 0 aromatic heterocycles. The predicted molar refractivity (Wildman–Crippen MR) is 65.2 cm³/mol. The maximum atomic E-state index is 11.9. The van der Waals surface area contributed by atoms with Gasteiger partial charge in [0.05, 0.1) is 24.2 Å². The van der Waals surface area contributed by atoms with Crippen LogP contribution in [0.1, 0.15) is 23.7 Å². The highest BCUT2D eigenvalue weighted by atomic mass is 16.6. The lowest BCUT2D eigenvalue weighted by Gasteiger charge is -2.06. The number of benzene rings is 1. The molecule has 7 nitrogen and oxygen atoms in total. The molecule has 0 aliphatic heterocycles. The van der Waals surface area contributed by atoms with Crippen molar-refractivity contribution in [2.75, 3.05) is 13.7 Å². The van der Waals surface area contributed by atoms with E-state index in [1.807, 2.05) is 0 Å². The Hall–Kier alpha value is -2.44. The van der Waals surface area contributed by atoms with E-state index < -0.39 is 28.8 Å². The number of hydrogen-bond donors (Lipinski definition) is 0. The average Bonchev–Trinajstić information content (AvgIpc) is 2.37. The molecule has 0 saturated heterocycles. The molecule has 0 aliphatic carbocycles. The van der Waals surface area contributed by atoms with Crippen LogP contribution in [-0.2, 0) is 9.53 Å². The molecule has 1 rings (SSSR count). The minimum Gasteiger partial charge on any atom is -0.490 e. The number of rotatable bonds is 6. The zero-order valence-electron chi connectivity index (χ0n) is 10.5. The molecule has 0 unspecified atom stereocenters. The van der Waals surface area contributed by atoms with Gasteiger partial charge in [0.1, 0.15) is 6.42 Å². The molecule has 1 aromatic rings. The molecule has 19 heavy (non-hydrogen) atoms. The number of carbonyl (C=O) groups is 2. The maximum absolute atomic E-state index is 11.9. The van der Waals surface area contributed by atoms with Crippen molar-refractivity contribution in [2.24, 2.45) is 0 Å². The Labute approximate surface area is 109 Å². The first-order valence-electron chi connectivity index (χ1n) is 5.51. The Morgan fingerprint density at radius 3 is 2.58 bits per heavy atom. The Morgan fingerprint density at radius 2 is 2.05 bits per heavy atom. The summed E-state index contributed by atoms with van der Waals surface area (Å²) in [6.07, 6.45) is -0.540. The number of hydrogen-bond acceptors (Lipinski definition) is 6. The van der Waals surface area contributed by atoms with Gasteiger partial charge >= 0.3 is 11.7 Å². The molecule has 0 heterocycles. The fourth-order valence-corrected chi connectivity index (χ4v) is 1.54. The lowest BCUT2D eigenvalue weighted by molar-refractivity contribution is -0.386. The molecule has 7 heteroatoms. The second-order valence-electron chi connectivity index (χ2n) is 3.52. The second-order valence-corrected chi connectivity index (χ2v) is 3.52. The highest BCUT2D eigenvalue weighted by molar-refractivity contribution is 6.08. The fraction of sp³-hybridized carbons (Fsp3) is 0.333. The first kappa shape index (κ1) is 14.6. The number of methoxy groups -OCH3 is 1. The van der Waals surface area contributed by atoms with Crippen LogP contribution >= 0.6 is 0 Å². The van der Waals surface area contributed by atoms with Gasteiger partial charge in [-0.25, -0.2) is 0 Å².